The molecule has 0 aliphatic heterocycles. The summed E-state index contributed by atoms with van der Waals surface area (Å²) in [5.74, 6) is 1.70. The molecule has 0 spiro atoms. The quantitative estimate of drug-likeness (QED) is 0.409. The largest absolute Gasteiger partial charge is 0.493 e. The molecule has 0 radical (unpaired) electrons. The summed E-state index contributed by atoms with van der Waals surface area (Å²) in [5, 5.41) is 4.43. The highest BCUT2D eigenvalue weighted by atomic mass is 35.5. The molecular formula is C22H27ClN2O5. The number of benzene rings is 2. The Morgan fingerprint density at radius 3 is 2.43 bits per heavy atom. The molecule has 30 heavy (non-hydrogen) atoms. The molecule has 2 rings (SSSR count). The molecule has 2 aromatic carbocycles. The lowest BCUT2D eigenvalue weighted by Gasteiger charge is -2.13. The number of halogens is 1. The second-order valence-electron chi connectivity index (χ2n) is 6.11. The summed E-state index contributed by atoms with van der Waals surface area (Å²) in [6.07, 6.45) is 2.34. The summed E-state index contributed by atoms with van der Waals surface area (Å²) in [6.45, 7) is 7.21. The summed E-state index contributed by atoms with van der Waals surface area (Å²) >= 11 is 6.34. The fourth-order valence-electron chi connectivity index (χ4n) is 2.59. The Morgan fingerprint density at radius 1 is 1.03 bits per heavy atom. The van der Waals surface area contributed by atoms with Crippen LogP contribution in [-0.4, -0.2) is 39.1 Å². The van der Waals surface area contributed by atoms with Gasteiger partial charge in [0, 0.05) is 5.56 Å². The molecule has 0 aliphatic rings. The lowest BCUT2D eigenvalue weighted by Crippen LogP contribution is -2.17. The Kier molecular flexibility index (Phi) is 9.28. The van der Waals surface area contributed by atoms with Crippen LogP contribution in [0.25, 0.3) is 0 Å². The molecular weight excluding hydrogens is 408 g/mol. The van der Waals surface area contributed by atoms with Gasteiger partial charge in [-0.15, -0.1) is 0 Å². The first-order valence-electron chi connectivity index (χ1n) is 9.77. The van der Waals surface area contributed by atoms with E-state index >= 15 is 0 Å². The molecule has 0 heterocycles. The van der Waals surface area contributed by atoms with Crippen molar-refractivity contribution in [3.8, 4) is 23.0 Å². The number of hydrazone groups is 1. The summed E-state index contributed by atoms with van der Waals surface area (Å²) in [4.78, 5) is 12.4. The summed E-state index contributed by atoms with van der Waals surface area (Å²) < 4.78 is 22.0. The van der Waals surface area contributed by atoms with Crippen LogP contribution in [-0.2, 0) is 0 Å². The van der Waals surface area contributed by atoms with E-state index in [1.165, 1.54) is 6.21 Å². The number of carbonyl (C=O) groups excluding carboxylic acids is 1. The van der Waals surface area contributed by atoms with Crippen LogP contribution in [0.3, 0.4) is 0 Å². The first kappa shape index (κ1) is 23.3. The molecule has 1 amide bonds. The topological polar surface area (TPSA) is 78.4 Å². The maximum absolute atomic E-state index is 12.4. The Hall–Kier alpha value is -2.93. The summed E-state index contributed by atoms with van der Waals surface area (Å²) in [7, 11) is 1.54. The van der Waals surface area contributed by atoms with Gasteiger partial charge in [0.2, 0.25) is 0 Å². The van der Waals surface area contributed by atoms with E-state index in [9.17, 15) is 4.79 Å². The number of ether oxygens (including phenoxy) is 4. The molecule has 0 saturated heterocycles. The van der Waals surface area contributed by atoms with Gasteiger partial charge in [0.15, 0.2) is 23.0 Å². The highest BCUT2D eigenvalue weighted by Crippen LogP contribution is 2.36. The third-order valence-electron chi connectivity index (χ3n) is 3.89. The van der Waals surface area contributed by atoms with E-state index in [-0.39, 0.29) is 5.91 Å². The summed E-state index contributed by atoms with van der Waals surface area (Å²) in [6, 6.07) is 8.38. The van der Waals surface area contributed by atoms with Crippen molar-refractivity contribution in [2.75, 3.05) is 26.9 Å². The van der Waals surface area contributed by atoms with Crippen LogP contribution in [0.4, 0.5) is 0 Å². The second-order valence-corrected chi connectivity index (χ2v) is 6.52. The molecule has 162 valence electrons. The van der Waals surface area contributed by atoms with Gasteiger partial charge in [0.25, 0.3) is 5.91 Å². The van der Waals surface area contributed by atoms with E-state index in [0.29, 0.717) is 59.0 Å². The Balaban J connectivity index is 2.14. The van der Waals surface area contributed by atoms with E-state index in [1.54, 1.807) is 37.4 Å². The van der Waals surface area contributed by atoms with Crippen LogP contribution >= 0.6 is 11.6 Å². The molecule has 0 aromatic heterocycles. The van der Waals surface area contributed by atoms with Gasteiger partial charge < -0.3 is 18.9 Å². The molecule has 0 fully saturated rings. The van der Waals surface area contributed by atoms with Crippen LogP contribution < -0.4 is 24.4 Å². The molecule has 1 N–H and O–H groups in total. The number of amides is 1. The molecule has 0 atom stereocenters. The fourth-order valence-corrected chi connectivity index (χ4v) is 2.86. The zero-order valence-electron chi connectivity index (χ0n) is 17.7. The van der Waals surface area contributed by atoms with Crippen molar-refractivity contribution < 1.29 is 23.7 Å². The standard InChI is InChI=1S/C22H27ClN2O5/c1-5-10-30-21-17(23)11-15(12-20(21)29-7-3)14-24-25-22(26)16-8-9-18(27-4)19(13-16)28-6-2/h8-9,11-14H,5-7,10H2,1-4H3,(H,25,26)/b24-14+. The smallest absolute Gasteiger partial charge is 0.271 e. The molecule has 0 bridgehead atoms. The van der Waals surface area contributed by atoms with Gasteiger partial charge in [-0.25, -0.2) is 5.43 Å². The SMILES string of the molecule is CCCOc1c(Cl)cc(/C=N/NC(=O)c2ccc(OC)c(OCC)c2)cc1OCC. The van der Waals surface area contributed by atoms with Gasteiger partial charge in [-0.2, -0.15) is 5.10 Å². The van der Waals surface area contributed by atoms with E-state index in [1.807, 2.05) is 20.8 Å². The maximum Gasteiger partial charge on any atom is 0.271 e. The second kappa shape index (κ2) is 11.9. The van der Waals surface area contributed by atoms with Crippen molar-refractivity contribution in [2.24, 2.45) is 5.10 Å². The average Bonchev–Trinajstić information content (AvgIpc) is 2.73. The Labute approximate surface area is 181 Å². The van der Waals surface area contributed by atoms with E-state index in [0.717, 1.165) is 6.42 Å². The summed E-state index contributed by atoms with van der Waals surface area (Å²) in [5.41, 5.74) is 3.55. The van der Waals surface area contributed by atoms with Gasteiger partial charge in [-0.05, 0) is 56.2 Å². The van der Waals surface area contributed by atoms with Crippen molar-refractivity contribution in [3.63, 3.8) is 0 Å². The van der Waals surface area contributed by atoms with Crippen molar-refractivity contribution in [2.45, 2.75) is 27.2 Å². The number of nitrogens with one attached hydrogen (secondary N) is 1. The number of nitrogens with zero attached hydrogens (tertiary/aromatic N) is 1. The van der Waals surface area contributed by atoms with Crippen LogP contribution in [0.5, 0.6) is 23.0 Å². The number of hydrogen-bond donors (Lipinski definition) is 1. The minimum Gasteiger partial charge on any atom is -0.493 e. The predicted molar refractivity (Wildman–Crippen MR) is 118 cm³/mol. The van der Waals surface area contributed by atoms with Gasteiger partial charge in [-0.3, -0.25) is 4.79 Å². The lowest BCUT2D eigenvalue weighted by molar-refractivity contribution is 0.0954. The zero-order chi connectivity index (χ0) is 21.9. The van der Waals surface area contributed by atoms with Gasteiger partial charge >= 0.3 is 0 Å². The van der Waals surface area contributed by atoms with E-state index in [4.69, 9.17) is 30.5 Å². The van der Waals surface area contributed by atoms with Gasteiger partial charge in [0.1, 0.15) is 0 Å². The Bertz CT molecular complexity index is 886. The third kappa shape index (κ3) is 6.29. The van der Waals surface area contributed by atoms with Crippen molar-refractivity contribution >= 4 is 23.7 Å². The zero-order valence-corrected chi connectivity index (χ0v) is 18.4. The van der Waals surface area contributed by atoms with Crippen LogP contribution in [0, 0.1) is 0 Å². The first-order valence-corrected chi connectivity index (χ1v) is 10.1. The van der Waals surface area contributed by atoms with E-state index in [2.05, 4.69) is 10.5 Å². The minimum atomic E-state index is -0.381. The average molecular weight is 435 g/mol. The number of methoxy groups -OCH3 is 1. The first-order chi connectivity index (χ1) is 14.5. The highest BCUT2D eigenvalue weighted by Gasteiger charge is 2.13. The molecule has 2 aromatic rings. The monoisotopic (exact) mass is 434 g/mol. The lowest BCUT2D eigenvalue weighted by atomic mass is 10.2. The Morgan fingerprint density at radius 2 is 1.77 bits per heavy atom. The predicted octanol–water partition coefficient (Wildman–Crippen LogP) is 4.70. The minimum absolute atomic E-state index is 0.381. The third-order valence-corrected chi connectivity index (χ3v) is 4.17. The molecule has 0 aliphatic carbocycles. The normalized spacial score (nSPS) is 10.7. The molecule has 0 unspecified atom stereocenters. The fraction of sp³-hybridized carbons (Fsp3) is 0.364. The van der Waals surface area contributed by atoms with Crippen LogP contribution in [0.15, 0.2) is 35.4 Å². The molecule has 7 nitrogen and oxygen atoms in total. The van der Waals surface area contributed by atoms with E-state index < -0.39 is 0 Å². The van der Waals surface area contributed by atoms with Gasteiger partial charge in [0.05, 0.1) is 38.2 Å². The number of carbonyl (C=O) groups is 1. The van der Waals surface area contributed by atoms with Crippen LogP contribution in [0.1, 0.15) is 43.1 Å². The van der Waals surface area contributed by atoms with Crippen LogP contribution in [0.2, 0.25) is 5.02 Å². The molecule has 8 heteroatoms. The number of hydrogen-bond acceptors (Lipinski definition) is 6. The van der Waals surface area contributed by atoms with Crippen molar-refractivity contribution in [1.82, 2.24) is 5.43 Å². The van der Waals surface area contributed by atoms with Crippen molar-refractivity contribution in [1.29, 1.82) is 0 Å². The van der Waals surface area contributed by atoms with Crippen molar-refractivity contribution in [3.05, 3.63) is 46.5 Å². The number of rotatable bonds is 11. The van der Waals surface area contributed by atoms with Gasteiger partial charge in [-0.1, -0.05) is 18.5 Å². The maximum atomic E-state index is 12.4. The highest BCUT2D eigenvalue weighted by molar-refractivity contribution is 6.32. The molecule has 0 saturated carbocycles.